The Hall–Kier alpha value is -1.73. The summed E-state index contributed by atoms with van der Waals surface area (Å²) in [5.41, 5.74) is 6.53. The highest BCUT2D eigenvalue weighted by Crippen LogP contribution is 2.19. The first-order valence-electron chi connectivity index (χ1n) is 4.67. The molecule has 0 fully saturated rings. The van der Waals surface area contributed by atoms with E-state index in [-0.39, 0.29) is 0 Å². The van der Waals surface area contributed by atoms with Gasteiger partial charge in [-0.25, -0.2) is 0 Å². The molecule has 1 unspecified atom stereocenters. The number of likely N-dealkylation sites (N-methyl/N-ethyl adjacent to an activating group) is 1. The molecule has 1 atom stereocenters. The van der Waals surface area contributed by atoms with Gasteiger partial charge < -0.3 is 15.4 Å². The lowest BCUT2D eigenvalue weighted by atomic mass is 10.2. The smallest absolute Gasteiger partial charge is 0.120 e. The lowest BCUT2D eigenvalue weighted by Gasteiger charge is -2.20. The number of nitrogens with two attached hydrogens (primary N) is 1. The minimum absolute atomic E-state index is 0.471. The van der Waals surface area contributed by atoms with Crippen molar-refractivity contribution >= 4 is 5.69 Å². The van der Waals surface area contributed by atoms with E-state index >= 15 is 0 Å². The Morgan fingerprint density at radius 3 is 2.93 bits per heavy atom. The van der Waals surface area contributed by atoms with E-state index in [4.69, 9.17) is 15.7 Å². The van der Waals surface area contributed by atoms with E-state index in [1.807, 2.05) is 42.3 Å². The van der Waals surface area contributed by atoms with Crippen LogP contribution in [-0.4, -0.2) is 26.7 Å². The third-order valence-electron chi connectivity index (χ3n) is 2.13. The lowest BCUT2D eigenvalue weighted by molar-refractivity contribution is 0.415. The summed E-state index contributed by atoms with van der Waals surface area (Å²) in [6.45, 7) is 0.504. The zero-order valence-electron chi connectivity index (χ0n) is 8.97. The van der Waals surface area contributed by atoms with Crippen molar-refractivity contribution in [2.75, 3.05) is 25.6 Å². The molecular weight excluding hydrogens is 190 g/mol. The topological polar surface area (TPSA) is 62.3 Å². The van der Waals surface area contributed by atoms with Gasteiger partial charge in [0.05, 0.1) is 13.2 Å². The molecule has 1 rings (SSSR count). The molecule has 0 bridgehead atoms. The van der Waals surface area contributed by atoms with Gasteiger partial charge in [0.1, 0.15) is 11.8 Å². The summed E-state index contributed by atoms with van der Waals surface area (Å²) in [7, 11) is 3.52. The van der Waals surface area contributed by atoms with Crippen LogP contribution < -0.4 is 15.4 Å². The molecule has 0 radical (unpaired) electrons. The summed E-state index contributed by atoms with van der Waals surface area (Å²) in [5.74, 6) is 0.796. The van der Waals surface area contributed by atoms with Crippen molar-refractivity contribution in [2.24, 2.45) is 5.73 Å². The van der Waals surface area contributed by atoms with Gasteiger partial charge >= 0.3 is 0 Å². The molecule has 80 valence electrons. The molecule has 0 spiro atoms. The van der Waals surface area contributed by atoms with Crippen molar-refractivity contribution in [2.45, 2.75) is 6.04 Å². The monoisotopic (exact) mass is 205 g/mol. The van der Waals surface area contributed by atoms with Crippen molar-refractivity contribution in [3.05, 3.63) is 24.3 Å². The molecule has 0 aliphatic rings. The molecule has 15 heavy (non-hydrogen) atoms. The zero-order valence-corrected chi connectivity index (χ0v) is 8.97. The van der Waals surface area contributed by atoms with Gasteiger partial charge in [0.15, 0.2) is 0 Å². The Labute approximate surface area is 89.9 Å². The van der Waals surface area contributed by atoms with Crippen LogP contribution in [0.3, 0.4) is 0 Å². The van der Waals surface area contributed by atoms with Crippen molar-refractivity contribution in [3.8, 4) is 11.8 Å². The fraction of sp³-hybridized carbons (Fsp3) is 0.364. The largest absolute Gasteiger partial charge is 0.497 e. The van der Waals surface area contributed by atoms with Gasteiger partial charge in [-0.05, 0) is 12.1 Å². The maximum absolute atomic E-state index is 8.60. The van der Waals surface area contributed by atoms with Gasteiger partial charge in [0.2, 0.25) is 0 Å². The van der Waals surface area contributed by atoms with Crippen LogP contribution in [0.2, 0.25) is 0 Å². The Morgan fingerprint density at radius 2 is 2.33 bits per heavy atom. The molecule has 1 aromatic rings. The molecule has 0 saturated heterocycles. The molecule has 4 heteroatoms. The highest BCUT2D eigenvalue weighted by Gasteiger charge is 2.06. The highest BCUT2D eigenvalue weighted by atomic mass is 16.5. The van der Waals surface area contributed by atoms with Crippen molar-refractivity contribution in [3.63, 3.8) is 0 Å². The number of ether oxygens (including phenoxy) is 1. The number of nitriles is 1. The van der Waals surface area contributed by atoms with Crippen LogP contribution in [0, 0.1) is 11.3 Å². The van der Waals surface area contributed by atoms with Crippen molar-refractivity contribution < 1.29 is 4.74 Å². The second-order valence-electron chi connectivity index (χ2n) is 3.32. The number of nitrogens with zero attached hydrogens (tertiary/aromatic N) is 2. The van der Waals surface area contributed by atoms with E-state index in [0.29, 0.717) is 6.54 Å². The molecule has 0 aliphatic carbocycles. The minimum Gasteiger partial charge on any atom is -0.497 e. The maximum atomic E-state index is 8.60. The predicted molar refractivity (Wildman–Crippen MR) is 59.9 cm³/mol. The van der Waals surface area contributed by atoms with Crippen molar-refractivity contribution in [1.29, 1.82) is 5.26 Å². The van der Waals surface area contributed by atoms with Crippen LogP contribution in [-0.2, 0) is 0 Å². The summed E-state index contributed by atoms with van der Waals surface area (Å²) in [6, 6.07) is 9.17. The lowest BCUT2D eigenvalue weighted by Crippen LogP contribution is -2.33. The number of anilines is 1. The maximum Gasteiger partial charge on any atom is 0.120 e. The first kappa shape index (κ1) is 11.3. The summed E-state index contributed by atoms with van der Waals surface area (Å²) < 4.78 is 5.11. The van der Waals surface area contributed by atoms with Gasteiger partial charge in [-0.15, -0.1) is 0 Å². The van der Waals surface area contributed by atoms with Crippen LogP contribution in [0.25, 0.3) is 0 Å². The number of hydrogen-bond donors (Lipinski definition) is 1. The van der Waals surface area contributed by atoms with E-state index in [9.17, 15) is 0 Å². The second kappa shape index (κ2) is 5.23. The Balaban J connectivity index is 2.73. The average molecular weight is 205 g/mol. The summed E-state index contributed by atoms with van der Waals surface area (Å²) in [5, 5.41) is 8.60. The summed E-state index contributed by atoms with van der Waals surface area (Å²) >= 11 is 0. The van der Waals surface area contributed by atoms with Gasteiger partial charge in [0.25, 0.3) is 0 Å². The van der Waals surface area contributed by atoms with E-state index in [1.165, 1.54) is 0 Å². The van der Waals surface area contributed by atoms with Crippen LogP contribution in [0.15, 0.2) is 24.3 Å². The van der Waals surface area contributed by atoms with Crippen LogP contribution in [0.4, 0.5) is 5.69 Å². The van der Waals surface area contributed by atoms with E-state index < -0.39 is 6.04 Å². The first-order valence-corrected chi connectivity index (χ1v) is 4.67. The molecular formula is C11H15N3O. The molecule has 0 amide bonds. The van der Waals surface area contributed by atoms with Crippen LogP contribution in [0.5, 0.6) is 5.75 Å². The third-order valence-corrected chi connectivity index (χ3v) is 2.13. The highest BCUT2D eigenvalue weighted by molar-refractivity contribution is 5.50. The quantitative estimate of drug-likeness (QED) is 0.796. The molecule has 0 aromatic heterocycles. The SMILES string of the molecule is COc1cccc(N(C)CC(N)C#N)c1. The minimum atomic E-state index is -0.471. The molecule has 0 aliphatic heterocycles. The van der Waals surface area contributed by atoms with Gasteiger partial charge in [-0.2, -0.15) is 5.26 Å². The molecule has 1 aromatic carbocycles. The molecule has 4 nitrogen and oxygen atoms in total. The van der Waals surface area contributed by atoms with Gasteiger partial charge in [-0.3, -0.25) is 0 Å². The molecule has 0 saturated carbocycles. The number of methoxy groups -OCH3 is 1. The number of benzene rings is 1. The van der Waals surface area contributed by atoms with Crippen LogP contribution in [0.1, 0.15) is 0 Å². The standard InChI is InChI=1S/C11H15N3O/c1-14(8-9(13)7-12)10-4-3-5-11(6-10)15-2/h3-6,9H,8,13H2,1-2H3. The number of hydrogen-bond acceptors (Lipinski definition) is 4. The molecule has 2 N–H and O–H groups in total. The second-order valence-corrected chi connectivity index (χ2v) is 3.32. The normalized spacial score (nSPS) is 11.6. The van der Waals surface area contributed by atoms with Crippen LogP contribution >= 0.6 is 0 Å². The average Bonchev–Trinajstić information content (AvgIpc) is 2.28. The Bertz CT molecular complexity index is 359. The fourth-order valence-corrected chi connectivity index (χ4v) is 1.29. The molecule has 0 heterocycles. The summed E-state index contributed by atoms with van der Waals surface area (Å²) in [6.07, 6.45) is 0. The first-order chi connectivity index (χ1) is 7.17. The van der Waals surface area contributed by atoms with E-state index in [2.05, 4.69) is 0 Å². The fourth-order valence-electron chi connectivity index (χ4n) is 1.29. The van der Waals surface area contributed by atoms with Crippen molar-refractivity contribution in [1.82, 2.24) is 0 Å². The predicted octanol–water partition coefficient (Wildman–Crippen LogP) is 0.982. The zero-order chi connectivity index (χ0) is 11.3. The van der Waals surface area contributed by atoms with Gasteiger partial charge in [-0.1, -0.05) is 6.07 Å². The van der Waals surface area contributed by atoms with E-state index in [0.717, 1.165) is 11.4 Å². The summed E-state index contributed by atoms with van der Waals surface area (Å²) in [4.78, 5) is 1.93. The Morgan fingerprint density at radius 1 is 1.60 bits per heavy atom. The third kappa shape index (κ3) is 3.15. The van der Waals surface area contributed by atoms with Gasteiger partial charge in [0, 0.05) is 25.3 Å². The Kier molecular flexibility index (Phi) is 3.95. The van der Waals surface area contributed by atoms with E-state index in [1.54, 1.807) is 7.11 Å². The number of rotatable bonds is 4.